The molecule has 7 heteroatoms. The highest BCUT2D eigenvalue weighted by molar-refractivity contribution is 6.01. The molecular formula is C33H37N4O3. The Morgan fingerprint density at radius 1 is 1.02 bits per heavy atom. The van der Waals surface area contributed by atoms with Crippen molar-refractivity contribution in [2.24, 2.45) is 10.9 Å². The van der Waals surface area contributed by atoms with E-state index in [-0.39, 0.29) is 35.9 Å². The normalized spacial score (nSPS) is 25.2. The predicted octanol–water partition coefficient (Wildman–Crippen LogP) is 4.25. The molecule has 3 fully saturated rings. The standard InChI is InChI=1S/C33H37N4O3/c1-35-17-19-36(20-18-35)31-15-13-28(34-31)24-8-10-25(11-9-24)30(39)21-27(23-5-2-3-6-23)22-32(40)37-16-4-7-26-12-14-29(38)33(26)37/h2-3,5-6,8-11,13,22,26,33H,4,7,12,14-21H2,1H3/t26-,33+/m1/s1. The maximum absolute atomic E-state index is 13.4. The fourth-order valence-corrected chi connectivity index (χ4v) is 6.56. The van der Waals surface area contributed by atoms with Crippen molar-refractivity contribution < 1.29 is 14.4 Å². The smallest absolute Gasteiger partial charge is 0.247 e. The number of likely N-dealkylation sites (tertiary alicyclic amines) is 1. The van der Waals surface area contributed by atoms with Crippen LogP contribution < -0.4 is 0 Å². The van der Waals surface area contributed by atoms with E-state index in [0.29, 0.717) is 24.1 Å². The van der Waals surface area contributed by atoms with Crippen LogP contribution in [0.4, 0.5) is 0 Å². The van der Waals surface area contributed by atoms with Crippen LogP contribution in [0.15, 0.2) is 70.8 Å². The molecule has 6 rings (SSSR count). The minimum atomic E-state index is -0.300. The summed E-state index contributed by atoms with van der Waals surface area (Å²) >= 11 is 0. The average Bonchev–Trinajstić information content (AvgIpc) is 3.75. The van der Waals surface area contributed by atoms with E-state index in [0.717, 1.165) is 74.5 Å². The van der Waals surface area contributed by atoms with Crippen molar-refractivity contribution >= 4 is 29.0 Å². The number of carbonyl (C=O) groups is 3. The number of hydrogen-bond donors (Lipinski definition) is 0. The second-order valence-corrected chi connectivity index (χ2v) is 11.5. The number of allylic oxidation sites excluding steroid dienone is 5. The van der Waals surface area contributed by atoms with Gasteiger partial charge in [0, 0.05) is 70.0 Å². The van der Waals surface area contributed by atoms with E-state index in [1.807, 2.05) is 48.9 Å². The predicted molar refractivity (Wildman–Crippen MR) is 157 cm³/mol. The molecule has 1 radical (unpaired) electrons. The summed E-state index contributed by atoms with van der Waals surface area (Å²) in [7, 11) is 2.15. The highest BCUT2D eigenvalue weighted by Gasteiger charge is 2.42. The van der Waals surface area contributed by atoms with Crippen molar-refractivity contribution in [1.82, 2.24) is 14.7 Å². The number of amides is 1. The van der Waals surface area contributed by atoms with Gasteiger partial charge >= 0.3 is 0 Å². The quantitative estimate of drug-likeness (QED) is 0.401. The fraction of sp³-hybridized carbons (Fsp3) is 0.424. The Morgan fingerprint density at radius 3 is 2.58 bits per heavy atom. The van der Waals surface area contributed by atoms with Crippen molar-refractivity contribution in [3.05, 3.63) is 83.3 Å². The number of piperazine rings is 1. The summed E-state index contributed by atoms with van der Waals surface area (Å²) in [5, 5.41) is 0. The number of nitrogens with zero attached hydrogens (tertiary/aromatic N) is 4. The number of ketones is 2. The topological polar surface area (TPSA) is 73.3 Å². The number of likely N-dealkylation sites (N-methyl/N-ethyl adjacent to an activating group) is 1. The Balaban J connectivity index is 1.14. The highest BCUT2D eigenvalue weighted by atomic mass is 16.2. The highest BCUT2D eigenvalue weighted by Crippen LogP contribution is 2.35. The van der Waals surface area contributed by atoms with E-state index < -0.39 is 0 Å². The SMILES string of the molecule is CN1CCN(C2=NC(c3ccc(C(=O)CC(=CC(=O)N4CCC[C@@H]5CCC(=O)[C@H]54)C4=CC=C[CH]4)cc3)=CC2)CC1. The molecule has 2 atom stereocenters. The van der Waals surface area contributed by atoms with Crippen LogP contribution in [-0.4, -0.2) is 83.8 Å². The average molecular weight is 538 g/mol. The maximum atomic E-state index is 13.4. The number of amidine groups is 1. The van der Waals surface area contributed by atoms with Gasteiger partial charge in [-0.1, -0.05) is 48.6 Å². The number of benzene rings is 1. The number of piperidine rings is 1. The lowest BCUT2D eigenvalue weighted by atomic mass is 9.91. The number of rotatable bonds is 6. The van der Waals surface area contributed by atoms with Crippen LogP contribution in [-0.2, 0) is 9.59 Å². The van der Waals surface area contributed by atoms with Crippen LogP contribution in [0.3, 0.4) is 0 Å². The molecule has 5 aliphatic rings. The van der Waals surface area contributed by atoms with Crippen molar-refractivity contribution in [1.29, 1.82) is 0 Å². The Morgan fingerprint density at radius 2 is 1.82 bits per heavy atom. The Labute approximate surface area is 236 Å². The first-order chi connectivity index (χ1) is 19.5. The summed E-state index contributed by atoms with van der Waals surface area (Å²) in [6, 6.07) is 7.35. The van der Waals surface area contributed by atoms with Crippen LogP contribution in [0.5, 0.6) is 0 Å². The van der Waals surface area contributed by atoms with Gasteiger partial charge in [0.15, 0.2) is 11.6 Å². The lowest BCUT2D eigenvalue weighted by molar-refractivity contribution is -0.137. The number of hydrogen-bond acceptors (Lipinski definition) is 6. The molecule has 3 heterocycles. The molecule has 2 aliphatic carbocycles. The number of Topliss-reactive ketones (excluding diaryl/α,β-unsaturated/α-hetero) is 2. The third-order valence-electron chi connectivity index (χ3n) is 8.91. The summed E-state index contributed by atoms with van der Waals surface area (Å²) < 4.78 is 0. The second kappa shape index (κ2) is 11.5. The Hall–Kier alpha value is -3.58. The van der Waals surface area contributed by atoms with Crippen LogP contribution in [0.2, 0.25) is 0 Å². The molecule has 3 aliphatic heterocycles. The van der Waals surface area contributed by atoms with Gasteiger partial charge in [-0.3, -0.25) is 14.4 Å². The summed E-state index contributed by atoms with van der Waals surface area (Å²) in [5.41, 5.74) is 4.13. The summed E-state index contributed by atoms with van der Waals surface area (Å²) in [4.78, 5) is 50.7. The van der Waals surface area contributed by atoms with Crippen molar-refractivity contribution in [3.8, 4) is 0 Å². The molecule has 0 unspecified atom stereocenters. The van der Waals surface area contributed by atoms with Gasteiger partial charge in [0.2, 0.25) is 5.91 Å². The Kier molecular flexibility index (Phi) is 7.65. The van der Waals surface area contributed by atoms with E-state index >= 15 is 0 Å². The first-order valence-corrected chi connectivity index (χ1v) is 14.6. The molecule has 1 saturated carbocycles. The maximum Gasteiger partial charge on any atom is 0.247 e. The van der Waals surface area contributed by atoms with Crippen molar-refractivity contribution in [2.45, 2.75) is 44.6 Å². The number of aliphatic imine (C=N–C) groups is 1. The fourth-order valence-electron chi connectivity index (χ4n) is 6.56. The third kappa shape index (κ3) is 5.52. The molecule has 1 aromatic rings. The van der Waals surface area contributed by atoms with E-state index in [4.69, 9.17) is 4.99 Å². The molecule has 40 heavy (non-hydrogen) atoms. The van der Waals surface area contributed by atoms with Gasteiger partial charge in [-0.05, 0) is 48.9 Å². The zero-order chi connectivity index (χ0) is 27.6. The monoisotopic (exact) mass is 537 g/mol. The molecule has 1 aromatic carbocycles. The van der Waals surface area contributed by atoms with E-state index in [1.165, 1.54) is 0 Å². The lowest BCUT2D eigenvalue weighted by Crippen LogP contribution is -2.49. The van der Waals surface area contributed by atoms with E-state index in [2.05, 4.69) is 22.9 Å². The Bertz CT molecular complexity index is 1340. The molecular weight excluding hydrogens is 500 g/mol. The number of fused-ring (bicyclic) bond motifs is 1. The molecule has 0 spiro atoms. The van der Waals surface area contributed by atoms with Gasteiger partial charge in [0.05, 0.1) is 11.7 Å². The first-order valence-electron chi connectivity index (χ1n) is 14.6. The molecule has 7 nitrogen and oxygen atoms in total. The lowest BCUT2D eigenvalue weighted by Gasteiger charge is -2.36. The zero-order valence-electron chi connectivity index (χ0n) is 23.2. The van der Waals surface area contributed by atoms with Gasteiger partial charge in [-0.15, -0.1) is 0 Å². The molecule has 207 valence electrons. The van der Waals surface area contributed by atoms with Gasteiger partial charge in [0.25, 0.3) is 0 Å². The van der Waals surface area contributed by atoms with E-state index in [9.17, 15) is 14.4 Å². The minimum Gasteiger partial charge on any atom is -0.357 e. The van der Waals surface area contributed by atoms with Crippen LogP contribution in [0, 0.1) is 12.3 Å². The van der Waals surface area contributed by atoms with E-state index in [1.54, 1.807) is 11.0 Å². The zero-order valence-corrected chi connectivity index (χ0v) is 23.2. The molecule has 0 N–H and O–H groups in total. The molecule has 2 saturated heterocycles. The number of carbonyl (C=O) groups excluding carboxylic acids is 3. The van der Waals surface area contributed by atoms with Crippen LogP contribution in [0.1, 0.15) is 54.4 Å². The van der Waals surface area contributed by atoms with Gasteiger partial charge in [-0.2, -0.15) is 0 Å². The van der Waals surface area contributed by atoms with Crippen molar-refractivity contribution in [3.63, 3.8) is 0 Å². The van der Waals surface area contributed by atoms with Crippen molar-refractivity contribution in [2.75, 3.05) is 39.8 Å². The van der Waals surface area contributed by atoms with Gasteiger partial charge in [-0.25, -0.2) is 4.99 Å². The molecule has 0 aromatic heterocycles. The summed E-state index contributed by atoms with van der Waals surface area (Å²) in [6.45, 7) is 4.70. The van der Waals surface area contributed by atoms with Crippen LogP contribution in [0.25, 0.3) is 5.70 Å². The molecule has 0 bridgehead atoms. The summed E-state index contributed by atoms with van der Waals surface area (Å²) in [5.74, 6) is 1.37. The first kappa shape index (κ1) is 26.6. The summed E-state index contributed by atoms with van der Waals surface area (Å²) in [6.07, 6.45) is 15.8. The third-order valence-corrected chi connectivity index (χ3v) is 8.91. The largest absolute Gasteiger partial charge is 0.357 e. The minimum absolute atomic E-state index is 0.0395. The molecule has 1 amide bonds. The van der Waals surface area contributed by atoms with Gasteiger partial charge < -0.3 is 14.7 Å². The second-order valence-electron chi connectivity index (χ2n) is 11.5. The van der Waals surface area contributed by atoms with Gasteiger partial charge in [0.1, 0.15) is 5.84 Å². The van der Waals surface area contributed by atoms with Crippen LogP contribution >= 0.6 is 0 Å².